The molecule has 0 radical (unpaired) electrons. The number of nitrogens with zero attached hydrogens (tertiary/aromatic N) is 2. The van der Waals surface area contributed by atoms with Gasteiger partial charge in [-0.2, -0.15) is 0 Å². The van der Waals surface area contributed by atoms with Crippen LogP contribution in [0.3, 0.4) is 0 Å². The van der Waals surface area contributed by atoms with Crippen molar-refractivity contribution in [2.75, 3.05) is 13.1 Å². The van der Waals surface area contributed by atoms with Crippen molar-refractivity contribution >= 4 is 29.8 Å². The van der Waals surface area contributed by atoms with E-state index in [-0.39, 0.29) is 17.7 Å². The Hall–Kier alpha value is -3.43. The molecule has 148 valence electrons. The number of hydrogen-bond donors (Lipinski definition) is 1. The standard InChI is InChI=1S/C18H19N3O7/c1-18(2,3)27-17(26)20-9-13(22)19-8-12(20)16(25)28-21-14(23)10-6-4-5-7-11(10)15(21)24/h4-7,12H,8-9H2,1-3H3,(H,19,22). The molecule has 1 atom stereocenters. The summed E-state index contributed by atoms with van der Waals surface area (Å²) >= 11 is 0. The van der Waals surface area contributed by atoms with Crippen molar-refractivity contribution in [3.8, 4) is 0 Å². The molecule has 1 unspecified atom stereocenters. The van der Waals surface area contributed by atoms with Gasteiger partial charge >= 0.3 is 12.1 Å². The first kappa shape index (κ1) is 19.3. The minimum absolute atomic E-state index is 0.112. The molecular weight excluding hydrogens is 370 g/mol. The van der Waals surface area contributed by atoms with Gasteiger partial charge in [0, 0.05) is 6.54 Å². The molecule has 1 N–H and O–H groups in total. The van der Waals surface area contributed by atoms with Crippen LogP contribution in [0.15, 0.2) is 24.3 Å². The summed E-state index contributed by atoms with van der Waals surface area (Å²) in [5, 5.41) is 2.81. The second-order valence-corrected chi connectivity index (χ2v) is 7.29. The lowest BCUT2D eigenvalue weighted by Crippen LogP contribution is -2.61. The third-order valence-corrected chi connectivity index (χ3v) is 4.02. The van der Waals surface area contributed by atoms with Crippen LogP contribution in [0.1, 0.15) is 41.5 Å². The maximum atomic E-state index is 12.6. The summed E-state index contributed by atoms with van der Waals surface area (Å²) in [6.07, 6.45) is -0.883. The van der Waals surface area contributed by atoms with Gasteiger partial charge in [-0.1, -0.05) is 17.2 Å². The highest BCUT2D eigenvalue weighted by Crippen LogP contribution is 2.23. The van der Waals surface area contributed by atoms with Gasteiger partial charge in [0.25, 0.3) is 11.8 Å². The van der Waals surface area contributed by atoms with Crippen molar-refractivity contribution in [2.24, 2.45) is 0 Å². The van der Waals surface area contributed by atoms with Gasteiger partial charge in [-0.25, -0.2) is 9.59 Å². The van der Waals surface area contributed by atoms with Gasteiger partial charge < -0.3 is 14.9 Å². The Balaban J connectivity index is 1.77. The molecule has 0 spiro atoms. The Morgan fingerprint density at radius 3 is 2.18 bits per heavy atom. The number of benzene rings is 1. The van der Waals surface area contributed by atoms with E-state index in [1.807, 2.05) is 0 Å². The Kier molecular flexibility index (Phi) is 4.80. The zero-order valence-corrected chi connectivity index (χ0v) is 15.6. The number of amides is 4. The number of piperazine rings is 1. The fourth-order valence-electron chi connectivity index (χ4n) is 2.77. The number of hydrogen-bond acceptors (Lipinski definition) is 7. The highest BCUT2D eigenvalue weighted by Gasteiger charge is 2.43. The highest BCUT2D eigenvalue weighted by molar-refractivity contribution is 6.21. The van der Waals surface area contributed by atoms with Gasteiger partial charge in [0.1, 0.15) is 12.1 Å². The maximum Gasteiger partial charge on any atom is 0.411 e. The van der Waals surface area contributed by atoms with Crippen molar-refractivity contribution in [1.82, 2.24) is 15.3 Å². The molecule has 1 saturated heterocycles. The van der Waals surface area contributed by atoms with E-state index in [1.54, 1.807) is 32.9 Å². The minimum Gasteiger partial charge on any atom is -0.444 e. The SMILES string of the molecule is CC(C)(C)OC(=O)N1CC(=O)NCC1C(=O)ON1C(=O)c2ccccc2C1=O. The zero-order chi connectivity index (χ0) is 20.6. The van der Waals surface area contributed by atoms with Crippen molar-refractivity contribution < 1.29 is 33.5 Å². The van der Waals surface area contributed by atoms with Crippen LogP contribution >= 0.6 is 0 Å². The molecule has 1 aromatic rings. The predicted octanol–water partition coefficient (Wildman–Crippen LogP) is 0.476. The van der Waals surface area contributed by atoms with Crippen LogP contribution in [0.5, 0.6) is 0 Å². The van der Waals surface area contributed by atoms with Crippen LogP contribution in [0, 0.1) is 0 Å². The zero-order valence-electron chi connectivity index (χ0n) is 15.6. The smallest absolute Gasteiger partial charge is 0.411 e. The van der Waals surface area contributed by atoms with Crippen LogP contribution in [0.4, 0.5) is 4.79 Å². The molecule has 2 aliphatic heterocycles. The Morgan fingerprint density at radius 2 is 1.64 bits per heavy atom. The minimum atomic E-state index is -1.25. The average molecular weight is 389 g/mol. The monoisotopic (exact) mass is 389 g/mol. The Labute approximate surface area is 160 Å². The quantitative estimate of drug-likeness (QED) is 0.730. The summed E-state index contributed by atoms with van der Waals surface area (Å²) < 4.78 is 5.22. The molecule has 28 heavy (non-hydrogen) atoms. The van der Waals surface area contributed by atoms with Crippen LogP contribution in [0.2, 0.25) is 0 Å². The van der Waals surface area contributed by atoms with E-state index in [9.17, 15) is 24.0 Å². The third-order valence-electron chi connectivity index (χ3n) is 4.02. The first-order valence-corrected chi connectivity index (χ1v) is 8.54. The second-order valence-electron chi connectivity index (χ2n) is 7.29. The van der Waals surface area contributed by atoms with Crippen molar-refractivity contribution in [2.45, 2.75) is 32.4 Å². The Bertz CT molecular complexity index is 839. The number of rotatable bonds is 2. The molecule has 0 bridgehead atoms. The number of hydroxylamine groups is 2. The molecule has 0 saturated carbocycles. The molecule has 0 aromatic heterocycles. The largest absolute Gasteiger partial charge is 0.444 e. The van der Waals surface area contributed by atoms with E-state index in [2.05, 4.69) is 5.32 Å². The lowest BCUT2D eigenvalue weighted by atomic mass is 10.1. The van der Waals surface area contributed by atoms with Gasteiger partial charge in [-0.05, 0) is 32.9 Å². The van der Waals surface area contributed by atoms with Crippen LogP contribution in [-0.4, -0.2) is 64.5 Å². The fourth-order valence-corrected chi connectivity index (χ4v) is 2.77. The molecule has 4 amide bonds. The number of carbonyl (C=O) groups excluding carboxylic acids is 5. The van der Waals surface area contributed by atoms with Crippen LogP contribution in [0.25, 0.3) is 0 Å². The summed E-state index contributed by atoms with van der Waals surface area (Å²) in [4.78, 5) is 67.3. The summed E-state index contributed by atoms with van der Waals surface area (Å²) in [5.74, 6) is -3.08. The number of nitrogens with one attached hydrogen (secondary N) is 1. The number of carbonyl (C=O) groups is 5. The van der Waals surface area contributed by atoms with Crippen LogP contribution in [-0.2, 0) is 19.2 Å². The summed E-state index contributed by atoms with van der Waals surface area (Å²) in [6, 6.07) is 4.79. The normalized spacial score (nSPS) is 19.2. The van der Waals surface area contributed by atoms with Crippen molar-refractivity contribution in [1.29, 1.82) is 0 Å². The predicted molar refractivity (Wildman–Crippen MR) is 92.8 cm³/mol. The van der Waals surface area contributed by atoms with Gasteiger partial charge in [-0.3, -0.25) is 19.3 Å². The summed E-state index contributed by atoms with van der Waals surface area (Å²) in [7, 11) is 0. The Morgan fingerprint density at radius 1 is 1.07 bits per heavy atom. The molecular formula is C18H19N3O7. The molecule has 10 nitrogen and oxygen atoms in total. The second kappa shape index (κ2) is 6.95. The molecule has 3 rings (SSSR count). The van der Waals surface area contributed by atoms with Gasteiger partial charge in [0.2, 0.25) is 5.91 Å². The number of ether oxygens (including phenoxy) is 1. The van der Waals surface area contributed by atoms with E-state index >= 15 is 0 Å². The molecule has 2 aliphatic rings. The van der Waals surface area contributed by atoms with Gasteiger partial charge in [-0.15, -0.1) is 0 Å². The lowest BCUT2D eigenvalue weighted by molar-refractivity contribution is -0.175. The topological polar surface area (TPSA) is 122 Å². The number of fused-ring (bicyclic) bond motifs is 1. The van der Waals surface area contributed by atoms with Crippen LogP contribution < -0.4 is 5.32 Å². The summed E-state index contributed by atoms with van der Waals surface area (Å²) in [6.45, 7) is 4.26. The maximum absolute atomic E-state index is 12.6. The molecule has 2 heterocycles. The molecule has 1 fully saturated rings. The molecule has 10 heteroatoms. The van der Waals surface area contributed by atoms with Crippen molar-refractivity contribution in [3.05, 3.63) is 35.4 Å². The van der Waals surface area contributed by atoms with E-state index in [4.69, 9.17) is 9.57 Å². The van der Waals surface area contributed by atoms with E-state index in [0.29, 0.717) is 5.06 Å². The van der Waals surface area contributed by atoms with E-state index in [0.717, 1.165) is 4.90 Å². The van der Waals surface area contributed by atoms with Crippen molar-refractivity contribution in [3.63, 3.8) is 0 Å². The van der Waals surface area contributed by atoms with Gasteiger partial charge in [0.15, 0.2) is 6.04 Å². The fraction of sp³-hybridized carbons (Fsp3) is 0.389. The average Bonchev–Trinajstić information content (AvgIpc) is 2.85. The number of imide groups is 1. The first-order chi connectivity index (χ1) is 13.1. The van der Waals surface area contributed by atoms with Gasteiger partial charge in [0.05, 0.1) is 11.1 Å². The molecule has 0 aliphatic carbocycles. The first-order valence-electron chi connectivity index (χ1n) is 8.54. The molecule has 1 aromatic carbocycles. The van der Waals surface area contributed by atoms with E-state index < -0.39 is 48.0 Å². The third kappa shape index (κ3) is 3.66. The summed E-state index contributed by atoms with van der Waals surface area (Å²) in [5.41, 5.74) is -0.621. The highest BCUT2D eigenvalue weighted by atomic mass is 16.7. The lowest BCUT2D eigenvalue weighted by Gasteiger charge is -2.35. The van der Waals surface area contributed by atoms with E-state index in [1.165, 1.54) is 12.1 Å².